The molecule has 1 aromatic heterocycles. The second kappa shape index (κ2) is 8.66. The zero-order chi connectivity index (χ0) is 23.8. The minimum Gasteiger partial charge on any atom is -0.497 e. The molecule has 0 atom stereocenters. The van der Waals surface area contributed by atoms with Crippen LogP contribution in [0.4, 0.5) is 17.6 Å². The van der Waals surface area contributed by atoms with Crippen LogP contribution in [0, 0.1) is 23.3 Å². The van der Waals surface area contributed by atoms with Crippen LogP contribution in [0.5, 0.6) is 5.75 Å². The molecule has 4 rings (SSSR count). The Hall–Kier alpha value is -3.73. The van der Waals surface area contributed by atoms with Crippen molar-refractivity contribution < 1.29 is 30.7 Å². The lowest BCUT2D eigenvalue weighted by Gasteiger charge is -2.10. The highest BCUT2D eigenvalue weighted by Gasteiger charge is 2.25. The highest BCUT2D eigenvalue weighted by Crippen LogP contribution is 2.28. The van der Waals surface area contributed by atoms with Gasteiger partial charge in [-0.15, -0.1) is 5.10 Å². The molecule has 0 radical (unpaired) electrons. The molecule has 0 aliphatic rings. The van der Waals surface area contributed by atoms with Gasteiger partial charge in [0.25, 0.3) is 0 Å². The Morgan fingerprint density at radius 3 is 2.48 bits per heavy atom. The third kappa shape index (κ3) is 4.44. The standard InChI is InChI=1S/C22H15F4N3O3S/c1-32-16-4-2-3-13(9-16)19-11-29(28-27-19)22-18(25)7-5-14(21(22)26)12-33(30,31)20-10-15(23)6-8-17(20)24/h2-11H,12H2,1H3. The molecule has 0 aliphatic carbocycles. The van der Waals surface area contributed by atoms with E-state index in [4.69, 9.17) is 4.74 Å². The lowest BCUT2D eigenvalue weighted by atomic mass is 10.1. The quantitative estimate of drug-likeness (QED) is 0.383. The predicted molar refractivity (Wildman–Crippen MR) is 111 cm³/mol. The van der Waals surface area contributed by atoms with Crippen molar-refractivity contribution >= 4 is 9.84 Å². The number of sulfone groups is 1. The maximum atomic E-state index is 15.2. The van der Waals surface area contributed by atoms with E-state index in [-0.39, 0.29) is 5.69 Å². The summed E-state index contributed by atoms with van der Waals surface area (Å²) in [6.07, 6.45) is 1.26. The molecule has 170 valence electrons. The summed E-state index contributed by atoms with van der Waals surface area (Å²) in [6.45, 7) is 0. The fraction of sp³-hybridized carbons (Fsp3) is 0.0909. The molecule has 0 N–H and O–H groups in total. The largest absolute Gasteiger partial charge is 0.497 e. The van der Waals surface area contributed by atoms with Gasteiger partial charge in [-0.2, -0.15) is 0 Å². The molecule has 0 fully saturated rings. The topological polar surface area (TPSA) is 74.1 Å². The van der Waals surface area contributed by atoms with Gasteiger partial charge in [0.15, 0.2) is 21.5 Å². The van der Waals surface area contributed by atoms with Gasteiger partial charge in [0.1, 0.15) is 33.7 Å². The number of rotatable bonds is 6. The minimum absolute atomic E-state index is 0.285. The Balaban J connectivity index is 1.72. The van der Waals surface area contributed by atoms with E-state index in [1.54, 1.807) is 24.3 Å². The van der Waals surface area contributed by atoms with Crippen LogP contribution in [0.1, 0.15) is 5.56 Å². The molecule has 1 heterocycles. The highest BCUT2D eigenvalue weighted by atomic mass is 32.2. The fourth-order valence-electron chi connectivity index (χ4n) is 3.19. The van der Waals surface area contributed by atoms with Crippen LogP contribution in [-0.4, -0.2) is 30.5 Å². The first kappa shape index (κ1) is 22.5. The van der Waals surface area contributed by atoms with Crippen LogP contribution in [0.2, 0.25) is 0 Å². The van der Waals surface area contributed by atoms with Gasteiger partial charge in [-0.25, -0.2) is 30.7 Å². The maximum Gasteiger partial charge on any atom is 0.185 e. The van der Waals surface area contributed by atoms with E-state index < -0.39 is 55.0 Å². The Morgan fingerprint density at radius 1 is 0.970 bits per heavy atom. The van der Waals surface area contributed by atoms with Gasteiger partial charge in [-0.3, -0.25) is 0 Å². The predicted octanol–water partition coefficient (Wildman–Crippen LogP) is 4.47. The van der Waals surface area contributed by atoms with E-state index in [0.29, 0.717) is 23.4 Å². The molecular weight excluding hydrogens is 462 g/mol. The van der Waals surface area contributed by atoms with E-state index in [1.807, 2.05) is 0 Å². The smallest absolute Gasteiger partial charge is 0.185 e. The number of aromatic nitrogens is 3. The maximum absolute atomic E-state index is 15.2. The summed E-state index contributed by atoms with van der Waals surface area (Å²) in [5.74, 6) is -4.88. The van der Waals surface area contributed by atoms with Gasteiger partial charge in [0, 0.05) is 11.1 Å². The average Bonchev–Trinajstić information content (AvgIpc) is 3.27. The second-order valence-corrected chi connectivity index (χ2v) is 8.94. The van der Waals surface area contributed by atoms with Crippen molar-refractivity contribution in [3.8, 4) is 22.7 Å². The zero-order valence-corrected chi connectivity index (χ0v) is 17.8. The normalized spacial score (nSPS) is 11.5. The number of benzene rings is 3. The third-order valence-electron chi connectivity index (χ3n) is 4.81. The summed E-state index contributed by atoms with van der Waals surface area (Å²) >= 11 is 0. The van der Waals surface area contributed by atoms with Crippen molar-refractivity contribution in [2.24, 2.45) is 0 Å². The minimum atomic E-state index is -4.48. The van der Waals surface area contributed by atoms with Gasteiger partial charge in [-0.05, 0) is 36.4 Å². The summed E-state index contributed by atoms with van der Waals surface area (Å²) in [6, 6.07) is 10.5. The van der Waals surface area contributed by atoms with Gasteiger partial charge in [-0.1, -0.05) is 23.4 Å². The van der Waals surface area contributed by atoms with Crippen LogP contribution >= 0.6 is 0 Å². The molecular formula is C22H15F4N3O3S. The first-order valence-corrected chi connectivity index (χ1v) is 11.1. The van der Waals surface area contributed by atoms with Gasteiger partial charge >= 0.3 is 0 Å². The van der Waals surface area contributed by atoms with Crippen molar-refractivity contribution in [2.75, 3.05) is 7.11 Å². The van der Waals surface area contributed by atoms with Crippen molar-refractivity contribution in [1.82, 2.24) is 15.0 Å². The second-order valence-electron chi connectivity index (χ2n) is 6.98. The first-order chi connectivity index (χ1) is 15.7. The van der Waals surface area contributed by atoms with Crippen LogP contribution in [0.25, 0.3) is 16.9 Å². The van der Waals surface area contributed by atoms with E-state index in [9.17, 15) is 21.6 Å². The van der Waals surface area contributed by atoms with E-state index in [0.717, 1.165) is 22.9 Å². The Morgan fingerprint density at radius 2 is 1.73 bits per heavy atom. The summed E-state index contributed by atoms with van der Waals surface area (Å²) < 4.78 is 88.3. The molecule has 3 aromatic carbocycles. The molecule has 0 unspecified atom stereocenters. The van der Waals surface area contributed by atoms with Gasteiger partial charge < -0.3 is 4.74 Å². The Labute approximate surface area is 186 Å². The number of nitrogens with zero attached hydrogens (tertiary/aromatic N) is 3. The first-order valence-electron chi connectivity index (χ1n) is 9.41. The average molecular weight is 477 g/mol. The molecule has 33 heavy (non-hydrogen) atoms. The summed E-state index contributed by atoms with van der Waals surface area (Å²) in [4.78, 5) is -0.922. The van der Waals surface area contributed by atoms with Gasteiger partial charge in [0.05, 0.1) is 19.1 Å². The van der Waals surface area contributed by atoms with Gasteiger partial charge in [0.2, 0.25) is 0 Å². The number of halogens is 4. The monoisotopic (exact) mass is 477 g/mol. The molecule has 6 nitrogen and oxygen atoms in total. The molecule has 0 saturated heterocycles. The van der Waals surface area contributed by atoms with Crippen LogP contribution < -0.4 is 4.74 Å². The van der Waals surface area contributed by atoms with Crippen LogP contribution in [-0.2, 0) is 15.6 Å². The molecule has 11 heteroatoms. The van der Waals surface area contributed by atoms with E-state index in [1.165, 1.54) is 13.3 Å². The van der Waals surface area contributed by atoms with Crippen LogP contribution in [0.15, 0.2) is 65.7 Å². The lowest BCUT2D eigenvalue weighted by molar-refractivity contribution is 0.415. The third-order valence-corrected chi connectivity index (χ3v) is 6.48. The summed E-state index contributed by atoms with van der Waals surface area (Å²) in [5, 5.41) is 7.66. The fourth-order valence-corrected chi connectivity index (χ4v) is 4.64. The van der Waals surface area contributed by atoms with E-state index in [2.05, 4.69) is 10.3 Å². The molecule has 4 aromatic rings. The van der Waals surface area contributed by atoms with Crippen molar-refractivity contribution in [1.29, 1.82) is 0 Å². The lowest BCUT2D eigenvalue weighted by Crippen LogP contribution is -2.12. The number of methoxy groups -OCH3 is 1. The highest BCUT2D eigenvalue weighted by molar-refractivity contribution is 7.90. The zero-order valence-electron chi connectivity index (χ0n) is 17.0. The molecule has 0 bridgehead atoms. The number of hydrogen-bond donors (Lipinski definition) is 0. The molecule has 0 amide bonds. The van der Waals surface area contributed by atoms with Crippen molar-refractivity contribution in [2.45, 2.75) is 10.6 Å². The number of hydrogen-bond acceptors (Lipinski definition) is 5. The Kier molecular flexibility index (Phi) is 5.90. The molecule has 0 aliphatic heterocycles. The number of ether oxygens (including phenoxy) is 1. The van der Waals surface area contributed by atoms with Crippen molar-refractivity contribution in [3.63, 3.8) is 0 Å². The summed E-state index contributed by atoms with van der Waals surface area (Å²) in [5.41, 5.74) is -0.258. The van der Waals surface area contributed by atoms with Crippen LogP contribution in [0.3, 0.4) is 0 Å². The molecule has 0 spiro atoms. The summed E-state index contributed by atoms with van der Waals surface area (Å²) in [7, 11) is -3.00. The van der Waals surface area contributed by atoms with E-state index >= 15 is 4.39 Å². The molecule has 0 saturated carbocycles. The SMILES string of the molecule is COc1cccc(-c2cn(-c3c(F)ccc(CS(=O)(=O)c4cc(F)ccc4F)c3F)nn2)c1. The Bertz CT molecular complexity index is 1460. The van der Waals surface area contributed by atoms with Crippen molar-refractivity contribution in [3.05, 3.63) is 89.6 Å².